The van der Waals surface area contributed by atoms with Crippen molar-refractivity contribution in [2.75, 3.05) is 0 Å². The Morgan fingerprint density at radius 2 is 0.591 bits per heavy atom. The van der Waals surface area contributed by atoms with Crippen molar-refractivity contribution in [1.29, 1.82) is 0 Å². The van der Waals surface area contributed by atoms with Gasteiger partial charge >= 0.3 is 0 Å². The Morgan fingerprint density at radius 3 is 1.18 bits per heavy atom. The smallest absolute Gasteiger partial charge is 0.164 e. The third kappa shape index (κ3) is 8.39. The number of rotatable bonds is 9. The summed E-state index contributed by atoms with van der Waals surface area (Å²) in [7, 11) is 0. The molecule has 8 aromatic carbocycles. The number of aromatic nitrogens is 6. The summed E-state index contributed by atoms with van der Waals surface area (Å²) in [6, 6.07) is 75.7. The minimum absolute atomic E-state index is 0.605. The van der Waals surface area contributed by atoms with E-state index in [9.17, 15) is 0 Å². The highest BCUT2D eigenvalue weighted by molar-refractivity contribution is 5.87. The van der Waals surface area contributed by atoms with Crippen LogP contribution in [0.25, 0.3) is 112 Å². The molecule has 0 amide bonds. The van der Waals surface area contributed by atoms with Gasteiger partial charge in [0.25, 0.3) is 0 Å². The van der Waals surface area contributed by atoms with E-state index in [1.54, 1.807) is 0 Å². The van der Waals surface area contributed by atoms with Gasteiger partial charge in [0.1, 0.15) is 0 Å². The molecule has 0 fully saturated rings. The van der Waals surface area contributed by atoms with E-state index in [4.69, 9.17) is 29.9 Å². The molecule has 11 aromatic rings. The summed E-state index contributed by atoms with van der Waals surface area (Å²) in [6.45, 7) is 4.10. The van der Waals surface area contributed by atoms with E-state index in [0.717, 1.165) is 94.9 Å². The normalized spacial score (nSPS) is 11.2. The van der Waals surface area contributed by atoms with Crippen LogP contribution in [-0.2, 0) is 0 Å². The molecular weight excluding hydrogens is 805 g/mol. The lowest BCUT2D eigenvalue weighted by Crippen LogP contribution is -2.00. The molecule has 312 valence electrons. The van der Waals surface area contributed by atoms with Gasteiger partial charge in [-0.15, -0.1) is 0 Å². The summed E-state index contributed by atoms with van der Waals surface area (Å²) < 4.78 is 0. The zero-order valence-electron chi connectivity index (χ0n) is 36.5. The van der Waals surface area contributed by atoms with E-state index in [0.29, 0.717) is 23.3 Å². The van der Waals surface area contributed by atoms with Crippen LogP contribution in [0.4, 0.5) is 0 Å². The standard InChI is InChI=1S/C60H42N6/c1-39-30-51(31-40(2)61-39)54-36-52(46-24-14-26-48(32-46)56-38-55(42-17-6-3-7-18-42)62-57(63-56)43-19-8-4-9-20-43)35-53(37-54)47-25-15-27-49(34-47)59-64-58(44-21-10-5-11-22-44)65-60(66-59)50-29-28-41-16-12-13-23-45(41)33-50/h3-38H,1-2H3. The third-order valence-electron chi connectivity index (χ3n) is 11.8. The second kappa shape index (κ2) is 17.4. The molecule has 0 saturated heterocycles. The van der Waals surface area contributed by atoms with Gasteiger partial charge in [0.15, 0.2) is 23.3 Å². The first kappa shape index (κ1) is 40.1. The highest BCUT2D eigenvalue weighted by Crippen LogP contribution is 2.37. The van der Waals surface area contributed by atoms with Crippen molar-refractivity contribution in [1.82, 2.24) is 29.9 Å². The molecule has 0 radical (unpaired) electrons. The van der Waals surface area contributed by atoms with Crippen LogP contribution < -0.4 is 0 Å². The Labute approximate surface area is 384 Å². The number of pyridine rings is 1. The highest BCUT2D eigenvalue weighted by atomic mass is 15.0. The van der Waals surface area contributed by atoms with Crippen molar-refractivity contribution in [3.63, 3.8) is 0 Å². The van der Waals surface area contributed by atoms with E-state index in [1.807, 2.05) is 80.6 Å². The van der Waals surface area contributed by atoms with Gasteiger partial charge in [-0.2, -0.15) is 0 Å². The zero-order chi connectivity index (χ0) is 44.4. The number of fused-ring (bicyclic) bond motifs is 1. The summed E-state index contributed by atoms with van der Waals surface area (Å²) in [6.07, 6.45) is 0. The fourth-order valence-electron chi connectivity index (χ4n) is 8.57. The molecular formula is C60H42N6. The molecule has 0 N–H and O–H groups in total. The second-order valence-electron chi connectivity index (χ2n) is 16.5. The molecule has 0 unspecified atom stereocenters. The number of hydrogen-bond donors (Lipinski definition) is 0. The quantitative estimate of drug-likeness (QED) is 0.144. The van der Waals surface area contributed by atoms with Crippen molar-refractivity contribution in [2.45, 2.75) is 13.8 Å². The first-order valence-electron chi connectivity index (χ1n) is 22.1. The van der Waals surface area contributed by atoms with Gasteiger partial charge in [0.05, 0.1) is 11.4 Å². The topological polar surface area (TPSA) is 77.3 Å². The van der Waals surface area contributed by atoms with Crippen molar-refractivity contribution in [2.24, 2.45) is 0 Å². The van der Waals surface area contributed by atoms with E-state index in [-0.39, 0.29) is 0 Å². The van der Waals surface area contributed by atoms with Gasteiger partial charge in [0, 0.05) is 44.8 Å². The number of hydrogen-bond acceptors (Lipinski definition) is 6. The van der Waals surface area contributed by atoms with Gasteiger partial charge in [0.2, 0.25) is 0 Å². The van der Waals surface area contributed by atoms with E-state index in [1.165, 1.54) is 5.39 Å². The maximum Gasteiger partial charge on any atom is 0.164 e. The van der Waals surface area contributed by atoms with Crippen LogP contribution in [0.2, 0.25) is 0 Å². The van der Waals surface area contributed by atoms with Gasteiger partial charge in [-0.05, 0) is 113 Å². The van der Waals surface area contributed by atoms with Crippen molar-refractivity contribution >= 4 is 10.8 Å². The van der Waals surface area contributed by atoms with Gasteiger partial charge in [-0.1, -0.05) is 164 Å². The fraction of sp³-hybridized carbons (Fsp3) is 0.0333. The maximum atomic E-state index is 5.15. The van der Waals surface area contributed by atoms with Gasteiger partial charge in [-0.25, -0.2) is 24.9 Å². The first-order chi connectivity index (χ1) is 32.5. The molecule has 0 saturated carbocycles. The van der Waals surface area contributed by atoms with Gasteiger partial charge < -0.3 is 0 Å². The molecule has 0 spiro atoms. The minimum atomic E-state index is 0.605. The second-order valence-corrected chi connectivity index (χ2v) is 16.5. The highest BCUT2D eigenvalue weighted by Gasteiger charge is 2.16. The molecule has 0 atom stereocenters. The molecule has 6 nitrogen and oxygen atoms in total. The number of aryl methyl sites for hydroxylation is 2. The summed E-state index contributed by atoms with van der Waals surface area (Å²) >= 11 is 0. The Morgan fingerprint density at radius 1 is 0.212 bits per heavy atom. The lowest BCUT2D eigenvalue weighted by atomic mass is 9.92. The zero-order valence-corrected chi connectivity index (χ0v) is 36.5. The van der Waals surface area contributed by atoms with Crippen LogP contribution in [0.1, 0.15) is 11.4 Å². The van der Waals surface area contributed by atoms with Crippen LogP contribution >= 0.6 is 0 Å². The van der Waals surface area contributed by atoms with Crippen LogP contribution in [-0.4, -0.2) is 29.9 Å². The molecule has 0 aliphatic rings. The Hall–Kier alpha value is -8.74. The molecule has 3 heterocycles. The average Bonchev–Trinajstić information content (AvgIpc) is 3.38. The number of benzene rings is 8. The van der Waals surface area contributed by atoms with E-state index < -0.39 is 0 Å². The SMILES string of the molecule is Cc1cc(-c2cc(-c3cccc(-c4cc(-c5ccccc5)nc(-c5ccccc5)n4)c3)cc(-c3cccc(-c4nc(-c5ccccc5)nc(-c5ccc6ccccc6c5)n4)c3)c2)cc(C)n1. The van der Waals surface area contributed by atoms with Crippen molar-refractivity contribution < 1.29 is 0 Å². The maximum absolute atomic E-state index is 5.15. The lowest BCUT2D eigenvalue weighted by molar-refractivity contribution is 1.07. The third-order valence-corrected chi connectivity index (χ3v) is 11.8. The summed E-state index contributed by atoms with van der Waals surface area (Å²) in [5.74, 6) is 2.53. The molecule has 0 aliphatic carbocycles. The van der Waals surface area contributed by atoms with E-state index in [2.05, 4.69) is 152 Å². The predicted octanol–water partition coefficient (Wildman–Crippen LogP) is 14.8. The molecule has 0 bridgehead atoms. The van der Waals surface area contributed by atoms with Crippen molar-refractivity contribution in [3.05, 3.63) is 230 Å². The van der Waals surface area contributed by atoms with Crippen LogP contribution in [0.15, 0.2) is 218 Å². The lowest BCUT2D eigenvalue weighted by Gasteiger charge is -2.14. The summed E-state index contributed by atoms with van der Waals surface area (Å²) in [5, 5.41) is 2.30. The summed E-state index contributed by atoms with van der Waals surface area (Å²) in [5.41, 5.74) is 15.9. The van der Waals surface area contributed by atoms with Crippen LogP contribution in [0.5, 0.6) is 0 Å². The largest absolute Gasteiger partial charge is 0.258 e. The molecule has 3 aromatic heterocycles. The average molecular weight is 847 g/mol. The number of nitrogens with zero attached hydrogens (tertiary/aromatic N) is 6. The minimum Gasteiger partial charge on any atom is -0.258 e. The van der Waals surface area contributed by atoms with Crippen LogP contribution in [0, 0.1) is 13.8 Å². The Balaban J connectivity index is 1.04. The molecule has 0 aliphatic heterocycles. The summed E-state index contributed by atoms with van der Waals surface area (Å²) in [4.78, 5) is 30.2. The predicted molar refractivity (Wildman–Crippen MR) is 269 cm³/mol. The fourth-order valence-corrected chi connectivity index (χ4v) is 8.57. The molecule has 66 heavy (non-hydrogen) atoms. The Kier molecular flexibility index (Phi) is 10.6. The van der Waals surface area contributed by atoms with E-state index >= 15 is 0 Å². The van der Waals surface area contributed by atoms with Crippen molar-refractivity contribution in [3.8, 4) is 101 Å². The molecule has 11 rings (SSSR count). The van der Waals surface area contributed by atoms with Gasteiger partial charge in [-0.3, -0.25) is 4.98 Å². The monoisotopic (exact) mass is 846 g/mol. The Bertz CT molecular complexity index is 3470. The molecule has 6 heteroatoms. The van der Waals surface area contributed by atoms with Crippen LogP contribution in [0.3, 0.4) is 0 Å². The first-order valence-corrected chi connectivity index (χ1v) is 22.1.